The first-order valence-electron chi connectivity index (χ1n) is 6.34. The van der Waals surface area contributed by atoms with Crippen LogP contribution < -0.4 is 11.1 Å². The fourth-order valence-electron chi connectivity index (χ4n) is 2.22. The average molecular weight is 277 g/mol. The molecule has 2 aromatic rings. The summed E-state index contributed by atoms with van der Waals surface area (Å²) in [5.74, 6) is 1.00. The fourth-order valence-corrected chi connectivity index (χ4v) is 2.22. The molecule has 0 aliphatic carbocycles. The molecule has 106 valence electrons. The summed E-state index contributed by atoms with van der Waals surface area (Å²) in [4.78, 5) is 17.6. The molecule has 3 rings (SSSR count). The lowest BCUT2D eigenvalue weighted by molar-refractivity contribution is -0.124. The van der Waals surface area contributed by atoms with Crippen LogP contribution in [0.2, 0.25) is 0 Å². The number of hydrogen-bond acceptors (Lipinski definition) is 7. The van der Waals surface area contributed by atoms with E-state index < -0.39 is 0 Å². The number of piperazine rings is 1. The van der Waals surface area contributed by atoms with Crippen LogP contribution in [0.25, 0.3) is 11.7 Å². The van der Waals surface area contributed by atoms with Crippen LogP contribution in [0.1, 0.15) is 5.82 Å². The molecule has 1 aliphatic rings. The standard InChI is InChI=1S/C12H15N5O3/c13-11(18)8-6-14-3-4-17(8)7-10-15-12(20-16-10)9-2-1-5-19-9/h1-2,5,8,14H,3-4,6-7H2,(H2,13,18). The molecule has 0 bridgehead atoms. The van der Waals surface area contributed by atoms with Gasteiger partial charge in [0.15, 0.2) is 11.6 Å². The van der Waals surface area contributed by atoms with Gasteiger partial charge in [-0.05, 0) is 12.1 Å². The van der Waals surface area contributed by atoms with Crippen molar-refractivity contribution >= 4 is 5.91 Å². The van der Waals surface area contributed by atoms with Gasteiger partial charge in [0.25, 0.3) is 5.89 Å². The second-order valence-corrected chi connectivity index (χ2v) is 4.59. The summed E-state index contributed by atoms with van der Waals surface area (Å²) in [7, 11) is 0. The van der Waals surface area contributed by atoms with Crippen molar-refractivity contribution in [3.8, 4) is 11.7 Å². The van der Waals surface area contributed by atoms with Crippen molar-refractivity contribution in [1.29, 1.82) is 0 Å². The average Bonchev–Trinajstić information content (AvgIpc) is 3.09. The molecule has 0 saturated carbocycles. The van der Waals surface area contributed by atoms with E-state index in [1.54, 1.807) is 18.4 Å². The zero-order valence-electron chi connectivity index (χ0n) is 10.8. The molecule has 2 aromatic heterocycles. The molecule has 1 aliphatic heterocycles. The quantitative estimate of drug-likeness (QED) is 0.781. The van der Waals surface area contributed by atoms with E-state index in [9.17, 15) is 4.79 Å². The molecule has 0 spiro atoms. The van der Waals surface area contributed by atoms with Crippen LogP contribution in [0.15, 0.2) is 27.3 Å². The summed E-state index contributed by atoms with van der Waals surface area (Å²) in [6.07, 6.45) is 1.54. The number of primary amides is 1. The summed E-state index contributed by atoms with van der Waals surface area (Å²) >= 11 is 0. The Hall–Kier alpha value is -2.19. The van der Waals surface area contributed by atoms with Gasteiger partial charge in [0.1, 0.15) is 6.04 Å². The summed E-state index contributed by atoms with van der Waals surface area (Å²) in [5, 5.41) is 7.04. The molecule has 1 fully saturated rings. The number of nitrogens with two attached hydrogens (primary N) is 1. The van der Waals surface area contributed by atoms with Gasteiger partial charge in [-0.2, -0.15) is 4.98 Å². The lowest BCUT2D eigenvalue weighted by Crippen LogP contribution is -2.56. The predicted octanol–water partition coefficient (Wildman–Crippen LogP) is -0.411. The summed E-state index contributed by atoms with van der Waals surface area (Å²) in [6, 6.07) is 3.14. The van der Waals surface area contributed by atoms with Crippen LogP contribution in [0.4, 0.5) is 0 Å². The summed E-state index contributed by atoms with van der Waals surface area (Å²) in [6.45, 7) is 2.46. The van der Waals surface area contributed by atoms with E-state index in [4.69, 9.17) is 14.7 Å². The number of aromatic nitrogens is 2. The minimum absolute atomic E-state index is 0.329. The van der Waals surface area contributed by atoms with E-state index >= 15 is 0 Å². The number of amides is 1. The molecule has 0 radical (unpaired) electrons. The third-order valence-corrected chi connectivity index (χ3v) is 3.23. The first-order chi connectivity index (χ1) is 9.74. The second kappa shape index (κ2) is 5.43. The molecular weight excluding hydrogens is 262 g/mol. The monoisotopic (exact) mass is 277 g/mol. The normalized spacial score (nSPS) is 20.1. The number of nitrogens with zero attached hydrogens (tertiary/aromatic N) is 3. The van der Waals surface area contributed by atoms with Gasteiger partial charge >= 0.3 is 0 Å². The van der Waals surface area contributed by atoms with Gasteiger partial charge in [0.05, 0.1) is 12.8 Å². The summed E-state index contributed by atoms with van der Waals surface area (Å²) in [5.41, 5.74) is 5.39. The Morgan fingerprint density at radius 2 is 2.50 bits per heavy atom. The van der Waals surface area contributed by atoms with Crippen LogP contribution in [0.5, 0.6) is 0 Å². The maximum Gasteiger partial charge on any atom is 0.293 e. The molecule has 3 N–H and O–H groups in total. The Bertz CT molecular complexity index is 580. The van der Waals surface area contributed by atoms with Gasteiger partial charge in [-0.3, -0.25) is 9.69 Å². The van der Waals surface area contributed by atoms with Gasteiger partial charge in [-0.15, -0.1) is 0 Å². The highest BCUT2D eigenvalue weighted by molar-refractivity contribution is 5.80. The van der Waals surface area contributed by atoms with Crippen molar-refractivity contribution in [2.75, 3.05) is 19.6 Å². The van der Waals surface area contributed by atoms with E-state index in [-0.39, 0.29) is 11.9 Å². The summed E-state index contributed by atoms with van der Waals surface area (Å²) < 4.78 is 10.3. The molecule has 1 unspecified atom stereocenters. The third kappa shape index (κ3) is 2.56. The van der Waals surface area contributed by atoms with E-state index in [2.05, 4.69) is 15.5 Å². The van der Waals surface area contributed by atoms with Crippen molar-refractivity contribution in [2.24, 2.45) is 5.73 Å². The number of hydrogen-bond donors (Lipinski definition) is 2. The number of carbonyl (C=O) groups excluding carboxylic acids is 1. The number of rotatable bonds is 4. The molecule has 20 heavy (non-hydrogen) atoms. The van der Waals surface area contributed by atoms with Crippen LogP contribution in [-0.2, 0) is 11.3 Å². The van der Waals surface area contributed by atoms with Crippen molar-refractivity contribution in [1.82, 2.24) is 20.4 Å². The lowest BCUT2D eigenvalue weighted by atomic mass is 10.2. The second-order valence-electron chi connectivity index (χ2n) is 4.59. The van der Waals surface area contributed by atoms with Crippen molar-refractivity contribution < 1.29 is 13.7 Å². The fraction of sp³-hybridized carbons (Fsp3) is 0.417. The van der Waals surface area contributed by atoms with Crippen LogP contribution in [-0.4, -0.2) is 46.6 Å². The zero-order chi connectivity index (χ0) is 13.9. The number of carbonyl (C=O) groups is 1. The Balaban J connectivity index is 1.72. The SMILES string of the molecule is NC(=O)C1CNCCN1Cc1noc(-c2ccco2)n1. The van der Waals surface area contributed by atoms with E-state index in [1.165, 1.54) is 0 Å². The Kier molecular flexibility index (Phi) is 3.48. The zero-order valence-corrected chi connectivity index (χ0v) is 10.8. The Morgan fingerprint density at radius 3 is 3.25 bits per heavy atom. The highest BCUT2D eigenvalue weighted by Crippen LogP contribution is 2.18. The predicted molar refractivity (Wildman–Crippen MR) is 68.3 cm³/mol. The molecule has 3 heterocycles. The lowest BCUT2D eigenvalue weighted by Gasteiger charge is -2.32. The van der Waals surface area contributed by atoms with Gasteiger partial charge in [0, 0.05) is 19.6 Å². The van der Waals surface area contributed by atoms with Crippen molar-refractivity contribution in [3.63, 3.8) is 0 Å². The largest absolute Gasteiger partial charge is 0.459 e. The van der Waals surface area contributed by atoms with E-state index in [1.807, 2.05) is 4.90 Å². The third-order valence-electron chi connectivity index (χ3n) is 3.23. The van der Waals surface area contributed by atoms with E-state index in [0.717, 1.165) is 6.54 Å². The first-order valence-corrected chi connectivity index (χ1v) is 6.34. The molecule has 8 nitrogen and oxygen atoms in total. The molecule has 1 amide bonds. The van der Waals surface area contributed by atoms with Crippen molar-refractivity contribution in [3.05, 3.63) is 24.2 Å². The van der Waals surface area contributed by atoms with Gasteiger partial charge in [0.2, 0.25) is 5.91 Å². The Morgan fingerprint density at radius 1 is 1.60 bits per heavy atom. The van der Waals surface area contributed by atoms with Gasteiger partial charge in [-0.25, -0.2) is 0 Å². The highest BCUT2D eigenvalue weighted by Gasteiger charge is 2.28. The molecule has 1 saturated heterocycles. The highest BCUT2D eigenvalue weighted by atomic mass is 16.5. The molecule has 1 atom stereocenters. The molecule has 8 heteroatoms. The number of nitrogens with one attached hydrogen (secondary N) is 1. The van der Waals surface area contributed by atoms with Crippen LogP contribution in [0, 0.1) is 0 Å². The maximum atomic E-state index is 11.4. The smallest absolute Gasteiger partial charge is 0.293 e. The molecular formula is C12H15N5O3. The topological polar surface area (TPSA) is 110 Å². The Labute approximate surface area is 114 Å². The van der Waals surface area contributed by atoms with Crippen LogP contribution >= 0.6 is 0 Å². The van der Waals surface area contributed by atoms with E-state index in [0.29, 0.717) is 37.1 Å². The maximum absolute atomic E-state index is 11.4. The van der Waals surface area contributed by atoms with Crippen molar-refractivity contribution in [2.45, 2.75) is 12.6 Å². The van der Waals surface area contributed by atoms with Crippen LogP contribution in [0.3, 0.4) is 0 Å². The first kappa shape index (κ1) is 12.8. The molecule has 0 aromatic carbocycles. The minimum atomic E-state index is -0.355. The van der Waals surface area contributed by atoms with Gasteiger partial charge < -0.3 is 20.0 Å². The van der Waals surface area contributed by atoms with Gasteiger partial charge in [-0.1, -0.05) is 5.16 Å². The number of furan rings is 1. The minimum Gasteiger partial charge on any atom is -0.459 e.